The van der Waals surface area contributed by atoms with Crippen molar-refractivity contribution in [2.75, 3.05) is 0 Å². The molecule has 0 atom stereocenters. The number of hydrogen-bond acceptors (Lipinski definition) is 1. The van der Waals surface area contributed by atoms with Gasteiger partial charge in [0.05, 0.1) is 5.54 Å². The molecule has 0 aromatic carbocycles. The fourth-order valence-corrected chi connectivity index (χ4v) is 1.47. The van der Waals surface area contributed by atoms with E-state index in [1.165, 1.54) is 0 Å². The summed E-state index contributed by atoms with van der Waals surface area (Å²) in [5.74, 6) is 0. The second-order valence-corrected chi connectivity index (χ2v) is 4.38. The fraction of sp³-hybridized carbons (Fsp3) is 0.700. The topological polar surface area (TPSA) is 37.8 Å². The predicted octanol–water partition coefficient (Wildman–Crippen LogP) is 1.80. The minimum absolute atomic E-state index is 0.118. The monoisotopic (exact) mass is 182 g/mol. The van der Waals surface area contributed by atoms with Gasteiger partial charge in [-0.05, 0) is 34.1 Å². The highest BCUT2D eigenvalue weighted by atomic mass is 16.1. The molecule has 3 nitrogen and oxygen atoms in total. The van der Waals surface area contributed by atoms with E-state index in [9.17, 15) is 4.79 Å². The zero-order valence-corrected chi connectivity index (χ0v) is 9.06. The Kier molecular flexibility index (Phi) is 2.37. The van der Waals surface area contributed by atoms with Crippen molar-refractivity contribution in [3.63, 3.8) is 0 Å². The Bertz CT molecular complexity index is 352. The average molecular weight is 182 g/mol. The molecule has 1 aromatic rings. The lowest BCUT2D eigenvalue weighted by molar-refractivity contribution is 0.344. The summed E-state index contributed by atoms with van der Waals surface area (Å²) in [6.45, 7) is 10.0. The molecule has 1 aromatic heterocycles. The van der Waals surface area contributed by atoms with Gasteiger partial charge >= 0.3 is 0 Å². The van der Waals surface area contributed by atoms with Crippen molar-refractivity contribution in [3.05, 3.63) is 21.6 Å². The fourth-order valence-electron chi connectivity index (χ4n) is 1.47. The number of H-pyrrole nitrogens is 1. The lowest BCUT2D eigenvalue weighted by Gasteiger charge is -2.19. The number of nitrogens with zero attached hydrogens (tertiary/aromatic N) is 1. The van der Waals surface area contributed by atoms with Crippen LogP contribution in [0.4, 0.5) is 0 Å². The first-order chi connectivity index (χ1) is 5.88. The lowest BCUT2D eigenvalue weighted by Crippen LogP contribution is -2.33. The van der Waals surface area contributed by atoms with Gasteiger partial charge in [0, 0.05) is 11.3 Å². The second kappa shape index (κ2) is 3.05. The van der Waals surface area contributed by atoms with Crippen molar-refractivity contribution in [1.29, 1.82) is 0 Å². The third kappa shape index (κ3) is 1.69. The van der Waals surface area contributed by atoms with Crippen LogP contribution in [0.15, 0.2) is 4.79 Å². The van der Waals surface area contributed by atoms with Crippen LogP contribution in [0.1, 0.15) is 39.0 Å². The van der Waals surface area contributed by atoms with Crippen LogP contribution in [0, 0.1) is 6.92 Å². The van der Waals surface area contributed by atoms with E-state index in [0.717, 1.165) is 17.7 Å². The van der Waals surface area contributed by atoms with E-state index in [-0.39, 0.29) is 11.1 Å². The van der Waals surface area contributed by atoms with Crippen molar-refractivity contribution in [2.24, 2.45) is 0 Å². The second-order valence-electron chi connectivity index (χ2n) is 4.38. The van der Waals surface area contributed by atoms with Gasteiger partial charge in [-0.2, -0.15) is 0 Å². The van der Waals surface area contributed by atoms with Crippen molar-refractivity contribution in [3.8, 4) is 0 Å². The van der Waals surface area contributed by atoms with Crippen LogP contribution < -0.4 is 5.56 Å². The molecule has 0 aliphatic rings. The molecule has 1 rings (SSSR count). The summed E-state index contributed by atoms with van der Waals surface area (Å²) in [6.07, 6.45) is 0.796. The molecule has 0 saturated carbocycles. The molecule has 1 heterocycles. The van der Waals surface area contributed by atoms with Crippen molar-refractivity contribution < 1.29 is 0 Å². The SMILES string of the molecule is CCc1c(C)[nH]n(C(C)(C)C)c1=O. The third-order valence-corrected chi connectivity index (χ3v) is 2.22. The molecule has 74 valence electrons. The van der Waals surface area contributed by atoms with E-state index >= 15 is 0 Å². The van der Waals surface area contributed by atoms with Gasteiger partial charge in [0.1, 0.15) is 0 Å². The summed E-state index contributed by atoms with van der Waals surface area (Å²) in [5, 5.41) is 3.11. The number of rotatable bonds is 1. The van der Waals surface area contributed by atoms with E-state index in [1.54, 1.807) is 4.68 Å². The van der Waals surface area contributed by atoms with E-state index < -0.39 is 0 Å². The van der Waals surface area contributed by atoms with Crippen molar-refractivity contribution in [2.45, 2.75) is 46.6 Å². The Hall–Kier alpha value is -0.990. The Balaban J connectivity index is 3.36. The Morgan fingerprint density at radius 2 is 1.92 bits per heavy atom. The van der Waals surface area contributed by atoms with Gasteiger partial charge in [-0.1, -0.05) is 6.92 Å². The Morgan fingerprint density at radius 3 is 2.15 bits per heavy atom. The van der Waals surface area contributed by atoms with Crippen LogP contribution in [0.5, 0.6) is 0 Å². The zero-order valence-electron chi connectivity index (χ0n) is 9.06. The van der Waals surface area contributed by atoms with Crippen LogP contribution >= 0.6 is 0 Å². The molecule has 1 N–H and O–H groups in total. The smallest absolute Gasteiger partial charge is 0.270 e. The molecule has 0 unspecified atom stereocenters. The Morgan fingerprint density at radius 1 is 1.38 bits per heavy atom. The first-order valence-corrected chi connectivity index (χ1v) is 4.69. The van der Waals surface area contributed by atoms with Crippen LogP contribution in [0.2, 0.25) is 0 Å². The summed E-state index contributed by atoms with van der Waals surface area (Å²) in [5.41, 5.74) is 1.85. The number of aromatic amines is 1. The number of hydrogen-bond donors (Lipinski definition) is 1. The largest absolute Gasteiger partial charge is 0.299 e. The molecule has 0 amide bonds. The molecule has 0 spiro atoms. The molecule has 13 heavy (non-hydrogen) atoms. The highest BCUT2D eigenvalue weighted by molar-refractivity contribution is 5.16. The van der Waals surface area contributed by atoms with Gasteiger partial charge in [-0.15, -0.1) is 0 Å². The van der Waals surface area contributed by atoms with Crippen LogP contribution in [-0.4, -0.2) is 9.78 Å². The van der Waals surface area contributed by atoms with Crippen LogP contribution in [-0.2, 0) is 12.0 Å². The maximum Gasteiger partial charge on any atom is 0.270 e. The summed E-state index contributed by atoms with van der Waals surface area (Å²) in [6, 6.07) is 0. The quantitative estimate of drug-likeness (QED) is 0.706. The molecule has 0 bridgehead atoms. The first-order valence-electron chi connectivity index (χ1n) is 4.69. The maximum atomic E-state index is 11.8. The summed E-state index contributed by atoms with van der Waals surface area (Å²) in [7, 11) is 0. The molecular formula is C10H18N2O. The highest BCUT2D eigenvalue weighted by Crippen LogP contribution is 2.11. The van der Waals surface area contributed by atoms with E-state index in [2.05, 4.69) is 5.10 Å². The summed E-state index contributed by atoms with van der Waals surface area (Å²) < 4.78 is 1.70. The summed E-state index contributed by atoms with van der Waals surface area (Å²) in [4.78, 5) is 11.8. The normalized spacial score (nSPS) is 12.1. The lowest BCUT2D eigenvalue weighted by atomic mass is 10.1. The van der Waals surface area contributed by atoms with E-state index in [0.29, 0.717) is 0 Å². The van der Waals surface area contributed by atoms with Gasteiger partial charge in [0.2, 0.25) is 0 Å². The van der Waals surface area contributed by atoms with Gasteiger partial charge in [-0.3, -0.25) is 9.89 Å². The summed E-state index contributed by atoms with van der Waals surface area (Å²) >= 11 is 0. The molecule has 0 saturated heterocycles. The number of aromatic nitrogens is 2. The van der Waals surface area contributed by atoms with Crippen molar-refractivity contribution >= 4 is 0 Å². The van der Waals surface area contributed by atoms with Gasteiger partial charge in [0.25, 0.3) is 5.56 Å². The van der Waals surface area contributed by atoms with Crippen LogP contribution in [0.25, 0.3) is 0 Å². The number of aryl methyl sites for hydroxylation is 1. The Labute approximate surface area is 78.8 Å². The molecule has 0 aliphatic carbocycles. The van der Waals surface area contributed by atoms with E-state index in [4.69, 9.17) is 0 Å². The van der Waals surface area contributed by atoms with Crippen LogP contribution in [0.3, 0.4) is 0 Å². The van der Waals surface area contributed by atoms with Gasteiger partial charge in [0.15, 0.2) is 0 Å². The molecule has 0 fully saturated rings. The minimum Gasteiger partial charge on any atom is -0.299 e. The predicted molar refractivity (Wildman–Crippen MR) is 54.2 cm³/mol. The van der Waals surface area contributed by atoms with Gasteiger partial charge < -0.3 is 0 Å². The van der Waals surface area contributed by atoms with Crippen molar-refractivity contribution in [1.82, 2.24) is 9.78 Å². The molecular weight excluding hydrogens is 164 g/mol. The standard InChI is InChI=1S/C10H18N2O/c1-6-8-7(2)11-12(9(8)13)10(3,4)5/h11H,6H2,1-5H3. The third-order valence-electron chi connectivity index (χ3n) is 2.22. The maximum absolute atomic E-state index is 11.8. The highest BCUT2D eigenvalue weighted by Gasteiger charge is 2.19. The van der Waals surface area contributed by atoms with Gasteiger partial charge in [-0.25, -0.2) is 4.68 Å². The minimum atomic E-state index is -0.157. The first kappa shape index (κ1) is 10.1. The van der Waals surface area contributed by atoms with E-state index in [1.807, 2.05) is 34.6 Å². The molecule has 0 aliphatic heterocycles. The number of nitrogens with one attached hydrogen (secondary N) is 1. The zero-order chi connectivity index (χ0) is 10.2. The molecule has 0 radical (unpaired) electrons. The average Bonchev–Trinajstić information content (AvgIpc) is 2.25. The molecule has 3 heteroatoms.